The molecule has 9 nitrogen and oxygen atoms in total. The van der Waals surface area contributed by atoms with Crippen LogP contribution >= 0.6 is 39.3 Å². The van der Waals surface area contributed by atoms with Crippen molar-refractivity contribution in [2.75, 3.05) is 18.3 Å². The molecule has 1 amide bonds. The van der Waals surface area contributed by atoms with E-state index in [0.717, 1.165) is 4.47 Å². The molecule has 0 saturated carbocycles. The van der Waals surface area contributed by atoms with Gasteiger partial charge >= 0.3 is 5.97 Å². The summed E-state index contributed by atoms with van der Waals surface area (Å²) in [5.74, 6) is -0.489. The molecule has 0 aliphatic carbocycles. The SMILES string of the molecule is COc1cc(Cl)cc([C@H]2Oc3nc(SC)nnc3-c3cc(Br)ccc3N2C(C)=O)c1OC(C)=O. The van der Waals surface area contributed by atoms with Gasteiger partial charge in [-0.05, 0) is 30.5 Å². The Morgan fingerprint density at radius 2 is 1.97 bits per heavy atom. The van der Waals surface area contributed by atoms with Crippen LogP contribution in [0.5, 0.6) is 17.4 Å². The van der Waals surface area contributed by atoms with E-state index in [-0.39, 0.29) is 23.3 Å². The highest BCUT2D eigenvalue weighted by Gasteiger charge is 2.37. The number of halogens is 2. The highest BCUT2D eigenvalue weighted by molar-refractivity contribution is 9.10. The van der Waals surface area contributed by atoms with E-state index in [0.29, 0.717) is 32.7 Å². The lowest BCUT2D eigenvalue weighted by Crippen LogP contribution is -2.36. The highest BCUT2D eigenvalue weighted by atomic mass is 79.9. The molecular weight excluding hydrogens is 548 g/mol. The standard InChI is InChI=1S/C22H18BrClN4O5S/c1-10(29)28-16-6-5-12(23)7-14(16)18-20(25-22(34-4)27-26-18)33-21(28)15-8-13(24)9-17(31-3)19(15)32-11(2)30/h5-9,21H,1-4H3/t21-/m1/s1. The zero-order valence-electron chi connectivity index (χ0n) is 18.5. The van der Waals surface area contributed by atoms with Crippen LogP contribution in [0.3, 0.4) is 0 Å². The van der Waals surface area contributed by atoms with E-state index < -0.39 is 12.2 Å². The number of ether oxygens (including phenoxy) is 3. The molecule has 176 valence electrons. The summed E-state index contributed by atoms with van der Waals surface area (Å²) in [6.45, 7) is 2.66. The number of hydrogen-bond acceptors (Lipinski definition) is 9. The summed E-state index contributed by atoms with van der Waals surface area (Å²) < 4.78 is 18.0. The van der Waals surface area contributed by atoms with Crippen LogP contribution in [0.4, 0.5) is 5.69 Å². The molecule has 2 heterocycles. The van der Waals surface area contributed by atoms with Crippen molar-refractivity contribution in [3.63, 3.8) is 0 Å². The molecule has 0 radical (unpaired) electrons. The van der Waals surface area contributed by atoms with E-state index in [4.69, 9.17) is 25.8 Å². The molecule has 1 aliphatic rings. The molecule has 0 saturated heterocycles. The van der Waals surface area contributed by atoms with Crippen LogP contribution in [0.25, 0.3) is 11.3 Å². The first-order valence-corrected chi connectivity index (χ1v) is 12.2. The molecule has 1 aliphatic heterocycles. The van der Waals surface area contributed by atoms with Crippen molar-refractivity contribution in [3.05, 3.63) is 45.4 Å². The average Bonchev–Trinajstić information content (AvgIpc) is 2.93. The lowest BCUT2D eigenvalue weighted by Gasteiger charge is -2.31. The Morgan fingerprint density at radius 1 is 1.21 bits per heavy atom. The van der Waals surface area contributed by atoms with Gasteiger partial charge in [0.2, 0.25) is 23.2 Å². The second-order valence-corrected chi connectivity index (χ2v) is 9.22. The number of rotatable bonds is 4. The summed E-state index contributed by atoms with van der Waals surface area (Å²) >= 11 is 11.1. The molecule has 0 N–H and O–H groups in total. The van der Waals surface area contributed by atoms with Gasteiger partial charge in [0.05, 0.1) is 18.4 Å². The average molecular weight is 566 g/mol. The molecule has 0 bridgehead atoms. The Balaban J connectivity index is 2.05. The van der Waals surface area contributed by atoms with Gasteiger partial charge in [-0.2, -0.15) is 4.98 Å². The van der Waals surface area contributed by atoms with Crippen molar-refractivity contribution in [1.82, 2.24) is 15.2 Å². The molecule has 34 heavy (non-hydrogen) atoms. The Kier molecular flexibility index (Phi) is 6.96. The number of hydrogen-bond donors (Lipinski definition) is 0. The zero-order valence-corrected chi connectivity index (χ0v) is 21.6. The van der Waals surface area contributed by atoms with E-state index in [1.807, 2.05) is 6.26 Å². The largest absolute Gasteiger partial charge is 0.493 e. The van der Waals surface area contributed by atoms with Crippen molar-refractivity contribution in [1.29, 1.82) is 0 Å². The van der Waals surface area contributed by atoms with Crippen LogP contribution in [-0.2, 0) is 9.59 Å². The highest BCUT2D eigenvalue weighted by Crippen LogP contribution is 2.48. The fourth-order valence-corrected chi connectivity index (χ4v) is 4.42. The molecule has 4 rings (SSSR count). The maximum absolute atomic E-state index is 13.0. The van der Waals surface area contributed by atoms with Crippen molar-refractivity contribution < 1.29 is 23.8 Å². The summed E-state index contributed by atoms with van der Waals surface area (Å²) in [5, 5.41) is 9.14. The minimum Gasteiger partial charge on any atom is -0.493 e. The molecule has 0 spiro atoms. The number of esters is 1. The number of fused-ring (bicyclic) bond motifs is 3. The number of carbonyl (C=O) groups excluding carboxylic acids is 2. The summed E-state index contributed by atoms with van der Waals surface area (Å²) in [5.41, 5.74) is 1.73. The number of anilines is 1. The molecule has 12 heteroatoms. The van der Waals surface area contributed by atoms with E-state index in [2.05, 4.69) is 31.1 Å². The molecular formula is C22H18BrClN4O5S. The van der Waals surface area contributed by atoms with Crippen LogP contribution < -0.4 is 19.1 Å². The third-order valence-electron chi connectivity index (χ3n) is 4.87. The topological polar surface area (TPSA) is 104 Å². The summed E-state index contributed by atoms with van der Waals surface area (Å²) in [7, 11) is 1.42. The first kappa shape index (κ1) is 24.2. The van der Waals surface area contributed by atoms with Crippen LogP contribution in [0, 0.1) is 0 Å². The molecule has 2 aromatic carbocycles. The van der Waals surface area contributed by atoms with E-state index >= 15 is 0 Å². The predicted octanol–water partition coefficient (Wildman–Crippen LogP) is 5.05. The fraction of sp³-hybridized carbons (Fsp3) is 0.227. The number of benzene rings is 2. The van der Waals surface area contributed by atoms with E-state index in [1.54, 1.807) is 24.3 Å². The first-order chi connectivity index (χ1) is 16.2. The third-order valence-corrected chi connectivity index (χ3v) is 6.12. The lowest BCUT2D eigenvalue weighted by atomic mass is 10.1. The van der Waals surface area contributed by atoms with Gasteiger partial charge < -0.3 is 14.2 Å². The smallest absolute Gasteiger partial charge is 0.308 e. The second-order valence-electron chi connectivity index (χ2n) is 7.09. The normalized spacial score (nSPS) is 14.4. The number of carbonyl (C=O) groups is 2. The minimum atomic E-state index is -1.12. The number of amides is 1. The first-order valence-electron chi connectivity index (χ1n) is 9.84. The van der Waals surface area contributed by atoms with Gasteiger partial charge in [-0.1, -0.05) is 39.3 Å². The Morgan fingerprint density at radius 3 is 2.62 bits per heavy atom. The number of nitrogens with zero attached hydrogens (tertiary/aromatic N) is 4. The van der Waals surface area contributed by atoms with Crippen molar-refractivity contribution in [2.45, 2.75) is 25.2 Å². The summed E-state index contributed by atoms with van der Waals surface area (Å²) in [4.78, 5) is 30.9. The summed E-state index contributed by atoms with van der Waals surface area (Å²) in [6.07, 6.45) is 0.692. The van der Waals surface area contributed by atoms with Gasteiger partial charge in [0.1, 0.15) is 0 Å². The van der Waals surface area contributed by atoms with E-state index in [1.165, 1.54) is 43.7 Å². The van der Waals surface area contributed by atoms with Gasteiger partial charge in [-0.15, -0.1) is 10.2 Å². The van der Waals surface area contributed by atoms with Gasteiger partial charge in [-0.25, -0.2) is 0 Å². The van der Waals surface area contributed by atoms with Crippen LogP contribution in [0.2, 0.25) is 5.02 Å². The Hall–Kier alpha value is -2.89. The van der Waals surface area contributed by atoms with E-state index in [9.17, 15) is 9.59 Å². The third kappa shape index (κ3) is 4.55. The Labute approximate surface area is 212 Å². The van der Waals surface area contributed by atoms with Gasteiger partial charge in [0.25, 0.3) is 0 Å². The van der Waals surface area contributed by atoms with Crippen molar-refractivity contribution in [3.8, 4) is 28.6 Å². The maximum Gasteiger partial charge on any atom is 0.308 e. The molecule has 1 aromatic heterocycles. The monoisotopic (exact) mass is 564 g/mol. The fourth-order valence-electron chi connectivity index (χ4n) is 3.54. The van der Waals surface area contributed by atoms with Crippen LogP contribution in [0.15, 0.2) is 40.0 Å². The number of thioether (sulfide) groups is 1. The predicted molar refractivity (Wildman–Crippen MR) is 131 cm³/mol. The van der Waals surface area contributed by atoms with Crippen LogP contribution in [-0.4, -0.2) is 40.4 Å². The van der Waals surface area contributed by atoms with Crippen LogP contribution in [0.1, 0.15) is 25.6 Å². The zero-order chi connectivity index (χ0) is 24.6. The van der Waals surface area contributed by atoms with Crippen molar-refractivity contribution in [2.24, 2.45) is 0 Å². The molecule has 1 atom stereocenters. The molecule has 0 fully saturated rings. The minimum absolute atomic E-state index is 0.0740. The maximum atomic E-state index is 13.0. The second kappa shape index (κ2) is 9.77. The number of methoxy groups -OCH3 is 1. The van der Waals surface area contributed by atoms with Gasteiger partial charge in [0.15, 0.2) is 17.2 Å². The lowest BCUT2D eigenvalue weighted by molar-refractivity contribution is -0.132. The quantitative estimate of drug-likeness (QED) is 0.244. The Bertz CT molecular complexity index is 1310. The molecule has 0 unspecified atom stereocenters. The van der Waals surface area contributed by atoms with Gasteiger partial charge in [-0.3, -0.25) is 14.5 Å². The molecule has 3 aromatic rings. The van der Waals surface area contributed by atoms with Crippen molar-refractivity contribution >= 4 is 56.9 Å². The summed E-state index contributed by atoms with van der Waals surface area (Å²) in [6, 6.07) is 8.41. The number of aromatic nitrogens is 3. The van der Waals surface area contributed by atoms with Gasteiger partial charge in [0, 0.05) is 35.0 Å².